The molecule has 15 nitrogen and oxygen atoms in total. The van der Waals surface area contributed by atoms with Crippen LogP contribution in [0, 0.1) is 0 Å². The molecule has 206 valence electrons. The van der Waals surface area contributed by atoms with Crippen LogP contribution in [0.3, 0.4) is 0 Å². The fraction of sp³-hybridized carbons (Fsp3) is 0.450. The number of halogens is 1. The zero-order valence-corrected chi connectivity index (χ0v) is 21.9. The number of allylic oxidation sites excluding steroid dienone is 1. The highest BCUT2D eigenvalue weighted by Gasteiger charge is 2.54. The van der Waals surface area contributed by atoms with Crippen LogP contribution in [-0.4, -0.2) is 116 Å². The van der Waals surface area contributed by atoms with Crippen LogP contribution >= 0.6 is 23.3 Å². The van der Waals surface area contributed by atoms with Crippen molar-refractivity contribution in [3.8, 4) is 0 Å². The average molecular weight is 574 g/mol. The van der Waals surface area contributed by atoms with Crippen LogP contribution in [0.1, 0.15) is 5.82 Å². The Morgan fingerprint density at radius 2 is 2.13 bits per heavy atom. The normalized spacial score (nSPS) is 20.7. The van der Waals surface area contributed by atoms with Crippen LogP contribution in [0.25, 0.3) is 0 Å². The van der Waals surface area contributed by atoms with E-state index in [0.717, 1.165) is 16.4 Å². The standard InChI is InChI=1S/C20H25FN8O7S2/c1-29(2,10(6-30)14(22)31)5-3-4-9-7-37-18-12(17(33)28(18)13(9)19(34)35)24-16(32)11(26-36-8-21)15-25-20(23)38-27-15/h3-4,10,12,18,30H,5-8H2,1-2H3,(H5-,22,23,24,25,27,31,32,34,35)/p+1/b4-3+,26-11+/t10-,12-,18-/m1/s1. The maximum atomic E-state index is 12.9. The molecule has 2 aliphatic heterocycles. The lowest BCUT2D eigenvalue weighted by Gasteiger charge is -2.49. The molecule has 0 saturated carbocycles. The molecule has 1 fully saturated rings. The van der Waals surface area contributed by atoms with Crippen LogP contribution in [-0.2, 0) is 24.0 Å². The van der Waals surface area contributed by atoms with Crippen LogP contribution in [0.2, 0.25) is 0 Å². The number of aliphatic hydroxyl groups excluding tert-OH is 1. The number of nitrogen functional groups attached to an aromatic ring is 1. The maximum absolute atomic E-state index is 12.9. The molecule has 38 heavy (non-hydrogen) atoms. The lowest BCUT2D eigenvalue weighted by atomic mass is 10.0. The minimum absolute atomic E-state index is 0.0231. The van der Waals surface area contributed by atoms with Gasteiger partial charge in [-0.2, -0.15) is 9.36 Å². The minimum atomic E-state index is -1.34. The first-order valence-electron chi connectivity index (χ1n) is 10.9. The number of primary amides is 1. The molecule has 0 unspecified atom stereocenters. The second kappa shape index (κ2) is 11.8. The van der Waals surface area contributed by atoms with Crippen LogP contribution in [0.4, 0.5) is 9.52 Å². The number of β-lactam (4-membered cyclic amide) rings is 1. The summed E-state index contributed by atoms with van der Waals surface area (Å²) in [5.41, 5.74) is 10.5. The average Bonchev–Trinajstić information content (AvgIpc) is 3.27. The molecule has 1 saturated heterocycles. The van der Waals surface area contributed by atoms with Crippen LogP contribution in [0.15, 0.2) is 28.6 Å². The van der Waals surface area contributed by atoms with Crippen molar-refractivity contribution in [2.24, 2.45) is 10.9 Å². The second-order valence-corrected chi connectivity index (χ2v) is 10.5. The molecule has 0 bridgehead atoms. The number of hydrogen-bond donors (Lipinski definition) is 5. The van der Waals surface area contributed by atoms with Crippen molar-refractivity contribution in [3.63, 3.8) is 0 Å². The number of anilines is 1. The number of carbonyl (C=O) groups is 4. The first-order chi connectivity index (χ1) is 17.9. The lowest BCUT2D eigenvalue weighted by molar-refractivity contribution is -0.900. The van der Waals surface area contributed by atoms with E-state index in [-0.39, 0.29) is 33.4 Å². The highest BCUT2D eigenvalue weighted by atomic mass is 32.2. The molecule has 0 aliphatic carbocycles. The van der Waals surface area contributed by atoms with Gasteiger partial charge in [0.2, 0.25) is 11.5 Å². The van der Waals surface area contributed by atoms with Gasteiger partial charge < -0.3 is 36.3 Å². The van der Waals surface area contributed by atoms with E-state index < -0.39 is 60.3 Å². The Hall–Kier alpha value is -3.61. The van der Waals surface area contributed by atoms with E-state index >= 15 is 0 Å². The smallest absolute Gasteiger partial charge is 0.352 e. The third-order valence-electron chi connectivity index (χ3n) is 5.80. The molecule has 3 heterocycles. The third-order valence-corrected chi connectivity index (χ3v) is 7.65. The molecule has 18 heteroatoms. The number of carboxylic acid groups (broad SMARTS) is 1. The van der Waals surface area contributed by atoms with Crippen molar-refractivity contribution in [3.05, 3.63) is 29.2 Å². The fourth-order valence-electron chi connectivity index (χ4n) is 3.83. The molecule has 0 radical (unpaired) electrons. The molecule has 0 aromatic carbocycles. The summed E-state index contributed by atoms with van der Waals surface area (Å²) in [6.45, 7) is -1.54. The van der Waals surface area contributed by atoms with E-state index in [2.05, 4.69) is 24.7 Å². The number of fused-ring (bicyclic) bond motifs is 1. The number of carbonyl (C=O) groups excluding carboxylic acids is 3. The number of aliphatic hydroxyl groups is 1. The number of thioether (sulfide) groups is 1. The summed E-state index contributed by atoms with van der Waals surface area (Å²) in [7, 11) is 3.37. The largest absolute Gasteiger partial charge is 0.477 e. The zero-order chi connectivity index (χ0) is 28.2. The van der Waals surface area contributed by atoms with E-state index in [1.54, 1.807) is 26.2 Å². The number of nitrogens with zero attached hydrogens (tertiary/aromatic N) is 5. The molecule has 0 spiro atoms. The van der Waals surface area contributed by atoms with Gasteiger partial charge in [0, 0.05) is 17.3 Å². The van der Waals surface area contributed by atoms with Gasteiger partial charge in [-0.25, -0.2) is 9.18 Å². The van der Waals surface area contributed by atoms with Crippen molar-refractivity contribution in [2.45, 2.75) is 17.5 Å². The van der Waals surface area contributed by atoms with E-state index in [9.17, 15) is 33.8 Å². The van der Waals surface area contributed by atoms with Gasteiger partial charge in [-0.3, -0.25) is 19.3 Å². The van der Waals surface area contributed by atoms with E-state index in [4.69, 9.17) is 11.5 Å². The maximum Gasteiger partial charge on any atom is 0.352 e. The summed E-state index contributed by atoms with van der Waals surface area (Å²) in [6, 6.07) is -1.96. The van der Waals surface area contributed by atoms with Crippen molar-refractivity contribution in [2.75, 3.05) is 45.6 Å². The van der Waals surface area contributed by atoms with Gasteiger partial charge in [0.15, 0.2) is 11.2 Å². The molecule has 2 aliphatic rings. The Morgan fingerprint density at radius 3 is 2.68 bits per heavy atom. The highest BCUT2D eigenvalue weighted by molar-refractivity contribution is 8.00. The minimum Gasteiger partial charge on any atom is -0.477 e. The first-order valence-corrected chi connectivity index (χ1v) is 12.7. The summed E-state index contributed by atoms with van der Waals surface area (Å²) in [5.74, 6) is -3.66. The van der Waals surface area contributed by atoms with Crippen molar-refractivity contribution in [1.29, 1.82) is 0 Å². The third kappa shape index (κ3) is 5.93. The Morgan fingerprint density at radius 1 is 1.42 bits per heavy atom. The second-order valence-electron chi connectivity index (χ2n) is 8.64. The topological polar surface area (TPSA) is 223 Å². The molecule has 3 atom stereocenters. The molecule has 3 rings (SSSR count). The highest BCUT2D eigenvalue weighted by Crippen LogP contribution is 2.40. The van der Waals surface area contributed by atoms with Crippen molar-refractivity contribution in [1.82, 2.24) is 19.6 Å². The molecule has 3 amide bonds. The lowest BCUT2D eigenvalue weighted by Crippen LogP contribution is -2.71. The number of oxime groups is 1. The number of amides is 3. The summed E-state index contributed by atoms with van der Waals surface area (Å²) in [5, 5.41) is 24.4. The van der Waals surface area contributed by atoms with Gasteiger partial charge in [-0.05, 0) is 11.6 Å². The zero-order valence-electron chi connectivity index (χ0n) is 20.2. The van der Waals surface area contributed by atoms with Gasteiger partial charge >= 0.3 is 5.97 Å². The first kappa shape index (κ1) is 29.0. The fourth-order valence-corrected chi connectivity index (χ4v) is 5.59. The van der Waals surface area contributed by atoms with Crippen LogP contribution < -0.4 is 16.8 Å². The van der Waals surface area contributed by atoms with E-state index in [1.807, 2.05) is 0 Å². The predicted molar refractivity (Wildman–Crippen MR) is 134 cm³/mol. The number of alkyl halides is 1. The molecule has 7 N–H and O–H groups in total. The number of carboxylic acids is 1. The van der Waals surface area contributed by atoms with E-state index in [0.29, 0.717) is 5.57 Å². The summed E-state index contributed by atoms with van der Waals surface area (Å²) < 4.78 is 16.3. The van der Waals surface area contributed by atoms with Gasteiger partial charge in [0.05, 0.1) is 20.6 Å². The monoisotopic (exact) mass is 573 g/mol. The van der Waals surface area contributed by atoms with Crippen LogP contribution in [0.5, 0.6) is 0 Å². The Balaban J connectivity index is 1.77. The van der Waals surface area contributed by atoms with E-state index in [1.165, 1.54) is 11.8 Å². The number of aromatic nitrogens is 2. The number of quaternary nitrogens is 1. The molecule has 1 aromatic heterocycles. The SMILES string of the molecule is C[N+](C)(C/C=C/C1=C(C(=O)O)N2C(=O)[C@@H](NC(=O)/C(=N/OCF)c3nsc(N)n3)[C@H]2SC1)[C@H](CO)C(N)=O. The number of nitrogens with one attached hydrogen (secondary N) is 1. The number of hydrogen-bond acceptors (Lipinski definition) is 12. The number of rotatable bonds is 12. The van der Waals surface area contributed by atoms with Gasteiger partial charge in [0.1, 0.15) is 23.7 Å². The summed E-state index contributed by atoms with van der Waals surface area (Å²) in [6.07, 6.45) is 3.17. The Bertz CT molecular complexity index is 1220. The number of nitrogens with two attached hydrogens (primary N) is 2. The quantitative estimate of drug-likeness (QED) is 0.0794. The van der Waals surface area contributed by atoms with Gasteiger partial charge in [-0.1, -0.05) is 11.2 Å². The predicted octanol–water partition coefficient (Wildman–Crippen LogP) is -2.01. The molecular formula is C20H26FN8O7S2+. The summed E-state index contributed by atoms with van der Waals surface area (Å²) >= 11 is 1.99. The van der Waals surface area contributed by atoms with Gasteiger partial charge in [0.25, 0.3) is 24.6 Å². The molecule has 1 aromatic rings. The van der Waals surface area contributed by atoms with Crippen molar-refractivity contribution >= 4 is 57.8 Å². The summed E-state index contributed by atoms with van der Waals surface area (Å²) in [4.78, 5) is 58.6. The number of aliphatic carboxylic acids is 1. The van der Waals surface area contributed by atoms with Crippen molar-refractivity contribution < 1.29 is 43.1 Å². The Labute approximate surface area is 223 Å². The van der Waals surface area contributed by atoms with Gasteiger partial charge in [-0.15, -0.1) is 11.8 Å². The number of likely N-dealkylation sites (N-methyl/N-ethyl adjacent to an activating group) is 1. The molecular weight excluding hydrogens is 547 g/mol. The Kier molecular flexibility index (Phi) is 9.02.